The molecule has 0 aliphatic carbocycles. The van der Waals surface area contributed by atoms with Crippen LogP contribution in [0.3, 0.4) is 0 Å². The van der Waals surface area contributed by atoms with Crippen LogP contribution in [0.5, 0.6) is 0 Å². The van der Waals surface area contributed by atoms with E-state index in [1.807, 2.05) is 0 Å². The third-order valence-electron chi connectivity index (χ3n) is 2.50. The van der Waals surface area contributed by atoms with E-state index in [0.29, 0.717) is 5.75 Å². The zero-order valence-corrected chi connectivity index (χ0v) is 10.9. The summed E-state index contributed by atoms with van der Waals surface area (Å²) in [7, 11) is 0. The first-order chi connectivity index (χ1) is 9.13. The summed E-state index contributed by atoms with van der Waals surface area (Å²) in [5, 5.41) is 1.55. The third-order valence-corrected chi connectivity index (χ3v) is 3.56. The van der Waals surface area contributed by atoms with Gasteiger partial charge in [0.2, 0.25) is 0 Å². The van der Waals surface area contributed by atoms with Crippen molar-refractivity contribution in [1.29, 1.82) is 0 Å². The van der Waals surface area contributed by atoms with Gasteiger partial charge in [-0.1, -0.05) is 24.3 Å². The van der Waals surface area contributed by atoms with Crippen LogP contribution in [0, 0.1) is 11.6 Å². The van der Waals surface area contributed by atoms with Crippen molar-refractivity contribution >= 4 is 17.3 Å². The summed E-state index contributed by atoms with van der Waals surface area (Å²) in [5.41, 5.74) is 1.59. The fourth-order valence-corrected chi connectivity index (χ4v) is 2.45. The fourth-order valence-electron chi connectivity index (χ4n) is 1.52. The van der Waals surface area contributed by atoms with Gasteiger partial charge in [0.25, 0.3) is 0 Å². The fraction of sp³-hybridized carbons (Fsp3) is 0.0667. The molecule has 98 valence electrons. The summed E-state index contributed by atoms with van der Waals surface area (Å²) in [6.07, 6.45) is 1.68. The molecule has 1 nitrogen and oxygen atoms in total. The summed E-state index contributed by atoms with van der Waals surface area (Å²) in [6.45, 7) is 0. The van der Waals surface area contributed by atoms with Crippen LogP contribution in [-0.2, 0) is 16.9 Å². The minimum absolute atomic E-state index is 0.301. The van der Waals surface area contributed by atoms with E-state index in [9.17, 15) is 13.3 Å². The van der Waals surface area contributed by atoms with Crippen LogP contribution in [-0.4, -0.2) is 4.55 Å². The van der Waals surface area contributed by atoms with Crippen LogP contribution in [0.2, 0.25) is 0 Å². The maximum atomic E-state index is 12.7. The molecule has 0 heterocycles. The molecule has 4 heteroatoms. The smallest absolute Gasteiger partial charge is 0.135 e. The maximum Gasteiger partial charge on any atom is 0.135 e. The molecule has 0 saturated carbocycles. The van der Waals surface area contributed by atoms with Gasteiger partial charge in [0, 0.05) is 5.56 Å². The van der Waals surface area contributed by atoms with E-state index in [0.717, 1.165) is 11.1 Å². The lowest BCUT2D eigenvalue weighted by Gasteiger charge is -2.05. The highest BCUT2D eigenvalue weighted by molar-refractivity contribution is 7.93. The number of hydrogen-bond donors (Lipinski definition) is 0. The van der Waals surface area contributed by atoms with Crippen molar-refractivity contribution in [3.63, 3.8) is 0 Å². The summed E-state index contributed by atoms with van der Waals surface area (Å²) >= 11 is -1.18. The van der Waals surface area contributed by atoms with Gasteiger partial charge in [-0.25, -0.2) is 8.78 Å². The first-order valence-corrected chi connectivity index (χ1v) is 7.07. The number of halogens is 2. The average Bonchev–Trinajstić information content (AvgIpc) is 2.41. The van der Waals surface area contributed by atoms with E-state index in [1.165, 1.54) is 24.3 Å². The highest BCUT2D eigenvalue weighted by Crippen LogP contribution is 2.11. The quantitative estimate of drug-likeness (QED) is 0.778. The third kappa shape index (κ3) is 4.50. The first kappa shape index (κ1) is 13.8. The van der Waals surface area contributed by atoms with Crippen molar-refractivity contribution in [2.45, 2.75) is 5.75 Å². The van der Waals surface area contributed by atoms with E-state index in [-0.39, 0.29) is 11.6 Å². The summed E-state index contributed by atoms with van der Waals surface area (Å²) in [5.74, 6) is -0.279. The van der Waals surface area contributed by atoms with Gasteiger partial charge in [-0.3, -0.25) is 0 Å². The SMILES string of the molecule is [O-][S+](C=Cc1ccc(F)cc1)Cc1ccc(F)cc1. The lowest BCUT2D eigenvalue weighted by Crippen LogP contribution is -1.99. The van der Waals surface area contributed by atoms with Gasteiger partial charge in [-0.2, -0.15) is 0 Å². The van der Waals surface area contributed by atoms with Crippen molar-refractivity contribution in [1.82, 2.24) is 0 Å². The predicted molar refractivity (Wildman–Crippen MR) is 73.7 cm³/mol. The standard InChI is InChI=1S/C15H12F2OS/c16-14-5-1-12(2-6-14)9-10-19(18)11-13-3-7-15(17)8-4-13/h1-10H,11H2. The Bertz CT molecular complexity index is 549. The molecule has 1 atom stereocenters. The Kier molecular flexibility index (Phi) is 4.71. The second kappa shape index (κ2) is 6.50. The van der Waals surface area contributed by atoms with Gasteiger partial charge in [0.1, 0.15) is 22.8 Å². The van der Waals surface area contributed by atoms with Crippen LogP contribution in [0.1, 0.15) is 11.1 Å². The Morgan fingerprint density at radius 1 is 0.895 bits per heavy atom. The van der Waals surface area contributed by atoms with Crippen molar-refractivity contribution < 1.29 is 13.3 Å². The lowest BCUT2D eigenvalue weighted by molar-refractivity contribution is 0.602. The predicted octanol–water partition coefficient (Wildman–Crippen LogP) is 3.88. The largest absolute Gasteiger partial charge is 0.612 e. The molecule has 0 amide bonds. The van der Waals surface area contributed by atoms with Crippen LogP contribution >= 0.6 is 0 Å². The van der Waals surface area contributed by atoms with Gasteiger partial charge in [0.15, 0.2) is 0 Å². The van der Waals surface area contributed by atoms with Crippen molar-refractivity contribution in [3.8, 4) is 0 Å². The highest BCUT2D eigenvalue weighted by atomic mass is 32.2. The van der Waals surface area contributed by atoms with Crippen LogP contribution in [0.4, 0.5) is 8.78 Å². The number of benzene rings is 2. The van der Waals surface area contributed by atoms with Crippen molar-refractivity contribution in [2.24, 2.45) is 0 Å². The highest BCUT2D eigenvalue weighted by Gasteiger charge is 2.04. The Morgan fingerprint density at radius 3 is 2.00 bits per heavy atom. The van der Waals surface area contributed by atoms with Crippen molar-refractivity contribution in [2.75, 3.05) is 0 Å². The summed E-state index contributed by atoms with van der Waals surface area (Å²) < 4.78 is 37.2. The minimum atomic E-state index is -1.18. The Labute approximate surface area is 113 Å². The Morgan fingerprint density at radius 2 is 1.42 bits per heavy atom. The van der Waals surface area contributed by atoms with Gasteiger partial charge in [0.05, 0.1) is 0 Å². The topological polar surface area (TPSA) is 23.1 Å². The Hall–Kier alpha value is -1.65. The molecule has 0 bridgehead atoms. The average molecular weight is 278 g/mol. The van der Waals surface area contributed by atoms with E-state index < -0.39 is 11.2 Å². The van der Waals surface area contributed by atoms with E-state index in [4.69, 9.17) is 0 Å². The molecule has 0 fully saturated rings. The minimum Gasteiger partial charge on any atom is -0.612 e. The first-order valence-electron chi connectivity index (χ1n) is 5.69. The number of hydrogen-bond acceptors (Lipinski definition) is 1. The molecule has 0 aliphatic heterocycles. The zero-order chi connectivity index (χ0) is 13.7. The molecule has 0 spiro atoms. The van der Waals surface area contributed by atoms with Gasteiger partial charge in [-0.15, -0.1) is 0 Å². The second-order valence-corrected chi connectivity index (χ2v) is 5.33. The van der Waals surface area contributed by atoms with Gasteiger partial charge < -0.3 is 4.55 Å². The van der Waals surface area contributed by atoms with E-state index in [1.54, 1.807) is 35.7 Å². The van der Waals surface area contributed by atoms with E-state index >= 15 is 0 Å². The summed E-state index contributed by atoms with van der Waals surface area (Å²) in [4.78, 5) is 0. The van der Waals surface area contributed by atoms with Crippen LogP contribution in [0.25, 0.3) is 6.08 Å². The molecular weight excluding hydrogens is 266 g/mol. The van der Waals surface area contributed by atoms with Crippen LogP contribution < -0.4 is 0 Å². The molecule has 0 N–H and O–H groups in total. The molecule has 1 unspecified atom stereocenters. The lowest BCUT2D eigenvalue weighted by atomic mass is 10.2. The van der Waals surface area contributed by atoms with Crippen LogP contribution in [0.15, 0.2) is 53.9 Å². The van der Waals surface area contributed by atoms with Crippen molar-refractivity contribution in [3.05, 3.63) is 76.7 Å². The monoisotopic (exact) mass is 278 g/mol. The molecular formula is C15H12F2OS. The molecule has 19 heavy (non-hydrogen) atoms. The maximum absolute atomic E-state index is 12.7. The molecule has 2 rings (SSSR count). The second-order valence-electron chi connectivity index (χ2n) is 4.01. The van der Waals surface area contributed by atoms with Gasteiger partial charge in [-0.05, 0) is 47.1 Å². The van der Waals surface area contributed by atoms with E-state index in [2.05, 4.69) is 0 Å². The molecule has 2 aromatic carbocycles. The Balaban J connectivity index is 1.95. The molecule has 0 aromatic heterocycles. The summed E-state index contributed by atoms with van der Waals surface area (Å²) in [6, 6.07) is 11.8. The normalized spacial score (nSPS) is 12.8. The molecule has 2 aromatic rings. The molecule has 0 saturated heterocycles. The molecule has 0 aliphatic rings. The zero-order valence-electron chi connectivity index (χ0n) is 10.1. The van der Waals surface area contributed by atoms with Gasteiger partial charge >= 0.3 is 0 Å². The number of rotatable bonds is 4. The molecule has 0 radical (unpaired) electrons.